The molecule has 4 rings (SSSR count). The molecule has 2 heterocycles. The maximum Gasteiger partial charge on any atom is 0.253 e. The van der Waals surface area contributed by atoms with E-state index in [0.717, 1.165) is 12.0 Å². The first-order valence-electron chi connectivity index (χ1n) is 9.82. The van der Waals surface area contributed by atoms with Crippen molar-refractivity contribution in [1.29, 1.82) is 0 Å². The lowest BCUT2D eigenvalue weighted by atomic mass is 9.99. The predicted molar refractivity (Wildman–Crippen MR) is 107 cm³/mol. The lowest BCUT2D eigenvalue weighted by Crippen LogP contribution is -2.32. The van der Waals surface area contributed by atoms with Gasteiger partial charge in [-0.05, 0) is 58.8 Å². The number of nitrogens with two attached hydrogens (primary N) is 1. The van der Waals surface area contributed by atoms with Crippen LogP contribution in [0.2, 0.25) is 0 Å². The summed E-state index contributed by atoms with van der Waals surface area (Å²) >= 11 is 0. The molecule has 1 aromatic heterocycles. The third-order valence-electron chi connectivity index (χ3n) is 5.20. The zero-order valence-electron chi connectivity index (χ0n) is 16.4. The van der Waals surface area contributed by atoms with E-state index >= 15 is 0 Å². The fourth-order valence-electron chi connectivity index (χ4n) is 3.59. The summed E-state index contributed by atoms with van der Waals surface area (Å²) in [7, 11) is 0. The topological polar surface area (TPSA) is 99.2 Å². The molecule has 0 bridgehead atoms. The van der Waals surface area contributed by atoms with Crippen molar-refractivity contribution in [1.82, 2.24) is 25.1 Å². The van der Waals surface area contributed by atoms with Crippen LogP contribution in [0.3, 0.4) is 0 Å². The molecule has 0 radical (unpaired) electrons. The van der Waals surface area contributed by atoms with Gasteiger partial charge in [0.2, 0.25) is 0 Å². The molecule has 9 heteroatoms. The van der Waals surface area contributed by atoms with Crippen molar-refractivity contribution in [3.63, 3.8) is 0 Å². The van der Waals surface area contributed by atoms with Crippen molar-refractivity contribution in [3.05, 3.63) is 71.8 Å². The Morgan fingerprint density at radius 1 is 1.20 bits per heavy atom. The van der Waals surface area contributed by atoms with E-state index in [2.05, 4.69) is 15.5 Å². The number of ether oxygens (including phenoxy) is 1. The molecule has 1 saturated heterocycles. The summed E-state index contributed by atoms with van der Waals surface area (Å²) in [5.41, 5.74) is 7.69. The number of carbonyl (C=O) groups excluding carboxylic acids is 1. The van der Waals surface area contributed by atoms with Crippen LogP contribution in [0.15, 0.2) is 54.9 Å². The summed E-state index contributed by atoms with van der Waals surface area (Å²) < 4.78 is 20.4. The summed E-state index contributed by atoms with van der Waals surface area (Å²) in [5, 5.41) is 10.9. The molecule has 0 saturated carbocycles. The smallest absolute Gasteiger partial charge is 0.253 e. The van der Waals surface area contributed by atoms with E-state index in [1.165, 1.54) is 18.5 Å². The number of rotatable bonds is 7. The van der Waals surface area contributed by atoms with E-state index in [9.17, 15) is 9.18 Å². The lowest BCUT2D eigenvalue weighted by molar-refractivity contribution is 0.0790. The van der Waals surface area contributed by atoms with Gasteiger partial charge in [0.25, 0.3) is 5.91 Å². The molecule has 0 spiro atoms. The van der Waals surface area contributed by atoms with Gasteiger partial charge >= 0.3 is 0 Å². The van der Waals surface area contributed by atoms with E-state index < -0.39 is 0 Å². The zero-order chi connectivity index (χ0) is 20.9. The Labute approximate surface area is 173 Å². The molecule has 1 fully saturated rings. The average Bonchev–Trinajstić information content (AvgIpc) is 3.45. The largest absolute Gasteiger partial charge is 0.492 e. The monoisotopic (exact) mass is 410 g/mol. The van der Waals surface area contributed by atoms with Crippen LogP contribution in [-0.4, -0.2) is 56.8 Å². The van der Waals surface area contributed by atoms with Gasteiger partial charge in [0, 0.05) is 24.6 Å². The molecule has 1 amide bonds. The van der Waals surface area contributed by atoms with Crippen LogP contribution in [-0.2, 0) is 6.54 Å². The number of carbonyl (C=O) groups is 1. The first kappa shape index (κ1) is 20.0. The molecule has 2 N–H and O–H groups in total. The molecule has 8 nitrogen and oxygen atoms in total. The van der Waals surface area contributed by atoms with Gasteiger partial charge in [0.15, 0.2) is 0 Å². The lowest BCUT2D eigenvalue weighted by Gasteiger charge is -2.17. The van der Waals surface area contributed by atoms with E-state index in [0.29, 0.717) is 37.6 Å². The van der Waals surface area contributed by atoms with E-state index in [1.807, 2.05) is 4.90 Å². The minimum atomic E-state index is -0.261. The second-order valence-corrected chi connectivity index (χ2v) is 7.42. The number of hydrogen-bond donors (Lipinski definition) is 1. The highest BCUT2D eigenvalue weighted by Gasteiger charge is 2.28. The third kappa shape index (κ3) is 4.80. The van der Waals surface area contributed by atoms with Crippen molar-refractivity contribution in [2.45, 2.75) is 24.9 Å². The van der Waals surface area contributed by atoms with Crippen molar-refractivity contribution in [3.8, 4) is 5.75 Å². The normalized spacial score (nSPS) is 17.1. The molecule has 1 aliphatic rings. The fraction of sp³-hybridized carbons (Fsp3) is 0.333. The number of halogens is 1. The Bertz CT molecular complexity index is 962. The van der Waals surface area contributed by atoms with Crippen molar-refractivity contribution in [2.24, 2.45) is 5.73 Å². The van der Waals surface area contributed by atoms with Crippen LogP contribution in [0.5, 0.6) is 5.75 Å². The Kier molecular flexibility index (Phi) is 5.99. The first-order chi connectivity index (χ1) is 14.6. The summed E-state index contributed by atoms with van der Waals surface area (Å²) in [6.45, 7) is 2.08. The predicted octanol–water partition coefficient (Wildman–Crippen LogP) is 1.85. The molecule has 30 heavy (non-hydrogen) atoms. The van der Waals surface area contributed by atoms with Gasteiger partial charge in [-0.2, -0.15) is 0 Å². The minimum absolute atomic E-state index is 0.0125. The summed E-state index contributed by atoms with van der Waals surface area (Å²) in [5.74, 6) is 0.619. The van der Waals surface area contributed by atoms with Gasteiger partial charge in [0.1, 0.15) is 24.5 Å². The van der Waals surface area contributed by atoms with E-state index in [-0.39, 0.29) is 23.7 Å². The van der Waals surface area contributed by atoms with Crippen LogP contribution < -0.4 is 10.5 Å². The Hall–Kier alpha value is -3.33. The highest BCUT2D eigenvalue weighted by atomic mass is 19.1. The number of hydrogen-bond acceptors (Lipinski definition) is 6. The van der Waals surface area contributed by atoms with Crippen LogP contribution >= 0.6 is 0 Å². The zero-order valence-corrected chi connectivity index (χ0v) is 16.4. The van der Waals surface area contributed by atoms with Gasteiger partial charge in [-0.15, -0.1) is 5.10 Å². The van der Waals surface area contributed by atoms with Crippen molar-refractivity contribution in [2.75, 3.05) is 19.7 Å². The quantitative estimate of drug-likeness (QED) is 0.638. The highest BCUT2D eigenvalue weighted by Crippen LogP contribution is 2.28. The number of amides is 1. The SMILES string of the molecule is NC(COc1ccc(C(=O)N2CC[C@H](c3ccc(F)cc3)C2)cc1)Cn1cnnn1. The molecule has 3 aromatic rings. The Morgan fingerprint density at radius 2 is 1.97 bits per heavy atom. The third-order valence-corrected chi connectivity index (χ3v) is 5.20. The summed E-state index contributed by atoms with van der Waals surface area (Å²) in [6.07, 6.45) is 2.37. The molecule has 1 aliphatic heterocycles. The van der Waals surface area contributed by atoms with Crippen molar-refractivity contribution < 1.29 is 13.9 Å². The summed E-state index contributed by atoms with van der Waals surface area (Å²) in [4.78, 5) is 14.7. The first-order valence-corrected chi connectivity index (χ1v) is 9.82. The minimum Gasteiger partial charge on any atom is -0.492 e. The van der Waals surface area contributed by atoms with Crippen LogP contribution in [0.1, 0.15) is 28.3 Å². The molecular formula is C21H23FN6O2. The van der Waals surface area contributed by atoms with Gasteiger partial charge in [-0.3, -0.25) is 4.79 Å². The van der Waals surface area contributed by atoms with Gasteiger partial charge in [0.05, 0.1) is 12.6 Å². The standard InChI is InChI=1S/C21H23FN6O2/c22-18-5-1-15(2-6-18)17-9-10-27(11-17)21(29)16-3-7-20(8-4-16)30-13-19(23)12-28-14-24-25-26-28/h1-8,14,17,19H,9-13,23H2/t17-,19?/m0/s1. The van der Waals surface area contributed by atoms with Crippen LogP contribution in [0.4, 0.5) is 4.39 Å². The van der Waals surface area contributed by atoms with Crippen LogP contribution in [0, 0.1) is 5.82 Å². The average molecular weight is 410 g/mol. The molecule has 1 unspecified atom stereocenters. The number of benzene rings is 2. The molecular weight excluding hydrogens is 387 g/mol. The second kappa shape index (κ2) is 9.00. The number of likely N-dealkylation sites (tertiary alicyclic amines) is 1. The summed E-state index contributed by atoms with van der Waals surface area (Å²) in [6, 6.07) is 13.3. The van der Waals surface area contributed by atoms with Gasteiger partial charge in [-0.25, -0.2) is 9.07 Å². The number of nitrogens with zero attached hydrogens (tertiary/aromatic N) is 5. The van der Waals surface area contributed by atoms with Gasteiger partial charge < -0.3 is 15.4 Å². The maximum absolute atomic E-state index is 13.1. The Balaban J connectivity index is 1.29. The molecule has 2 atom stereocenters. The second-order valence-electron chi connectivity index (χ2n) is 7.42. The van der Waals surface area contributed by atoms with E-state index in [1.54, 1.807) is 41.1 Å². The van der Waals surface area contributed by atoms with Crippen LogP contribution in [0.25, 0.3) is 0 Å². The highest BCUT2D eigenvalue weighted by molar-refractivity contribution is 5.94. The maximum atomic E-state index is 13.1. The number of tetrazole rings is 1. The fourth-order valence-corrected chi connectivity index (χ4v) is 3.59. The molecule has 0 aliphatic carbocycles. The van der Waals surface area contributed by atoms with Crippen molar-refractivity contribution >= 4 is 5.91 Å². The number of aromatic nitrogens is 4. The Morgan fingerprint density at radius 3 is 2.67 bits per heavy atom. The molecule has 2 aromatic carbocycles. The van der Waals surface area contributed by atoms with Gasteiger partial charge in [-0.1, -0.05) is 12.1 Å². The molecule has 156 valence electrons. The van der Waals surface area contributed by atoms with E-state index in [4.69, 9.17) is 10.5 Å².